The molecule has 22 heavy (non-hydrogen) atoms. The molecule has 0 N–H and O–H groups in total. The van der Waals surface area contributed by atoms with Crippen LogP contribution in [-0.2, 0) is 25.9 Å². The Kier molecular flexibility index (Phi) is 10.2. The Bertz CT molecular complexity index is 543. The van der Waals surface area contributed by atoms with E-state index in [1.54, 1.807) is 14.6 Å². The number of halogens is 3. The van der Waals surface area contributed by atoms with Gasteiger partial charge in [0.05, 0.1) is 0 Å². The molecule has 0 heterocycles. The van der Waals surface area contributed by atoms with Crippen molar-refractivity contribution in [2.75, 3.05) is 0 Å². The molecule has 0 fully saturated rings. The third kappa shape index (κ3) is 5.00. The molecule has 0 nitrogen and oxygen atoms in total. The minimum absolute atomic E-state index is 0. The van der Waals surface area contributed by atoms with Gasteiger partial charge in [-0.05, 0) is 0 Å². The molecule has 1 aliphatic rings. The molecule has 0 bridgehead atoms. The van der Waals surface area contributed by atoms with Crippen molar-refractivity contribution in [1.29, 1.82) is 0 Å². The van der Waals surface area contributed by atoms with Gasteiger partial charge in [-0.25, -0.2) is 0 Å². The Morgan fingerprint density at radius 2 is 1.45 bits per heavy atom. The van der Waals surface area contributed by atoms with Gasteiger partial charge in [-0.3, -0.25) is 0 Å². The number of rotatable bonds is 3. The molecule has 1 aromatic carbocycles. The molecule has 1 aromatic rings. The van der Waals surface area contributed by atoms with E-state index in [4.69, 9.17) is 0 Å². The molecule has 0 unspecified atom stereocenters. The Labute approximate surface area is 166 Å². The van der Waals surface area contributed by atoms with Gasteiger partial charge in [-0.2, -0.15) is 0 Å². The fourth-order valence-electron chi connectivity index (χ4n) is 2.85. The van der Waals surface area contributed by atoms with E-state index in [1.165, 1.54) is 5.56 Å². The second-order valence-electron chi connectivity index (χ2n) is 6.92. The van der Waals surface area contributed by atoms with Gasteiger partial charge in [0, 0.05) is 0 Å². The Morgan fingerprint density at radius 1 is 0.955 bits per heavy atom. The maximum absolute atomic E-state index is 2.49. The number of allylic oxidation sites excluding steroid dienone is 4. The molecular formula is C17H23Cl3SiTi. The van der Waals surface area contributed by atoms with E-state index < -0.39 is 8.07 Å². The summed E-state index contributed by atoms with van der Waals surface area (Å²) in [6.07, 6.45) is 3.62. The average molecular weight is 410 g/mol. The molecule has 5 heteroatoms. The molecular weight excluding hydrogens is 386 g/mol. The topological polar surface area (TPSA) is 0 Å². The van der Waals surface area contributed by atoms with Crippen molar-refractivity contribution in [1.82, 2.24) is 0 Å². The summed E-state index contributed by atoms with van der Waals surface area (Å²) in [5.74, 6) is 0. The van der Waals surface area contributed by atoms with Crippen LogP contribution in [0.3, 0.4) is 0 Å². The molecule has 120 valence electrons. The quantitative estimate of drug-likeness (QED) is 0.447. The van der Waals surface area contributed by atoms with Crippen LogP contribution in [0.4, 0.5) is 0 Å². The molecule has 0 aromatic heterocycles. The van der Waals surface area contributed by atoms with Crippen LogP contribution in [0.1, 0.15) is 25.8 Å². The summed E-state index contributed by atoms with van der Waals surface area (Å²) in [6, 6.07) is 10.9. The Morgan fingerprint density at radius 3 is 1.86 bits per heavy atom. The van der Waals surface area contributed by atoms with Gasteiger partial charge >= 0.3 is 130 Å². The average Bonchev–Trinajstić information content (AvgIpc) is 2.72. The minimum atomic E-state index is -1.21. The van der Waals surface area contributed by atoms with Crippen molar-refractivity contribution in [3.05, 3.63) is 56.6 Å². The first-order valence-corrected chi connectivity index (χ1v) is 11.2. The molecule has 2 rings (SSSR count). The predicted octanol–water partition coefficient (Wildman–Crippen LogP) is -4.02. The summed E-state index contributed by atoms with van der Waals surface area (Å²) in [4.78, 5) is 0. The number of hydrogen-bond acceptors (Lipinski definition) is 0. The molecule has 1 aliphatic carbocycles. The Hall–Kier alpha value is 0.501. The molecule has 0 aliphatic heterocycles. The predicted molar refractivity (Wildman–Crippen MR) is 82.5 cm³/mol. The summed E-state index contributed by atoms with van der Waals surface area (Å²) in [5, 5.41) is 1.66. The van der Waals surface area contributed by atoms with E-state index in [9.17, 15) is 0 Å². The summed E-state index contributed by atoms with van der Waals surface area (Å²) >= 11 is 2.33. The zero-order chi connectivity index (χ0) is 14.3. The summed E-state index contributed by atoms with van der Waals surface area (Å²) in [6.45, 7) is 12.1. The second-order valence-corrected chi connectivity index (χ2v) is 12.7. The van der Waals surface area contributed by atoms with Crippen molar-refractivity contribution < 1.29 is 57.7 Å². The van der Waals surface area contributed by atoms with Crippen LogP contribution in [-0.4, -0.2) is 8.07 Å². The SMILES string of the molecule is CC(C)(C1=[C]([Ti+3])C([Si](C)(C)C)=CC1)c1ccccc1.[Cl-].[Cl-].[Cl-]. The zero-order valence-electron chi connectivity index (χ0n) is 13.8. The van der Waals surface area contributed by atoms with E-state index >= 15 is 0 Å². The van der Waals surface area contributed by atoms with Gasteiger partial charge in [0.2, 0.25) is 0 Å². The number of benzene rings is 1. The molecule has 0 spiro atoms. The number of hydrogen-bond donors (Lipinski definition) is 0. The van der Waals surface area contributed by atoms with Crippen LogP contribution < -0.4 is 37.2 Å². The van der Waals surface area contributed by atoms with Crippen molar-refractivity contribution in [3.63, 3.8) is 0 Å². The van der Waals surface area contributed by atoms with E-state index in [0.29, 0.717) is 0 Å². The van der Waals surface area contributed by atoms with E-state index in [2.05, 4.69) is 90.3 Å². The van der Waals surface area contributed by atoms with Crippen molar-refractivity contribution in [3.8, 4) is 0 Å². The van der Waals surface area contributed by atoms with Crippen LogP contribution in [0.5, 0.6) is 0 Å². The summed E-state index contributed by atoms with van der Waals surface area (Å²) in [5.41, 5.74) is 3.18. The third-order valence-corrected chi connectivity index (χ3v) is 7.49. The second kappa shape index (κ2) is 9.11. The molecule has 0 atom stereocenters. The fraction of sp³-hybridized carbons (Fsp3) is 0.412. The monoisotopic (exact) mass is 408 g/mol. The van der Waals surface area contributed by atoms with E-state index in [1.807, 2.05) is 0 Å². The largest absolute Gasteiger partial charge is 1.00 e. The van der Waals surface area contributed by atoms with Gasteiger partial charge in [0.25, 0.3) is 0 Å². The van der Waals surface area contributed by atoms with Crippen molar-refractivity contribution in [2.45, 2.75) is 45.3 Å². The first-order chi connectivity index (χ1) is 8.74. The maximum atomic E-state index is 2.49. The van der Waals surface area contributed by atoms with E-state index in [-0.39, 0.29) is 42.6 Å². The van der Waals surface area contributed by atoms with Gasteiger partial charge in [0.15, 0.2) is 0 Å². The first kappa shape index (κ1) is 24.7. The van der Waals surface area contributed by atoms with Crippen molar-refractivity contribution >= 4 is 8.07 Å². The maximum Gasteiger partial charge on any atom is -1.00 e. The normalized spacial score (nSPS) is 14.6. The van der Waals surface area contributed by atoms with Gasteiger partial charge in [-0.15, -0.1) is 0 Å². The minimum Gasteiger partial charge on any atom is -1.00 e. The van der Waals surface area contributed by atoms with E-state index in [0.717, 1.165) is 6.42 Å². The first-order valence-electron chi connectivity index (χ1n) is 6.96. The summed E-state index contributed by atoms with van der Waals surface area (Å²) < 4.78 is 1.56. The fourth-order valence-corrected chi connectivity index (χ4v) is 7.03. The molecule has 0 amide bonds. The Balaban J connectivity index is 0. The van der Waals surface area contributed by atoms with Crippen LogP contribution in [0, 0.1) is 0 Å². The molecule has 0 radical (unpaired) electrons. The third-order valence-electron chi connectivity index (χ3n) is 4.14. The zero-order valence-corrected chi connectivity index (χ0v) is 18.6. The van der Waals surface area contributed by atoms with Crippen LogP contribution in [0.25, 0.3) is 0 Å². The van der Waals surface area contributed by atoms with Crippen LogP contribution in [0.2, 0.25) is 19.6 Å². The van der Waals surface area contributed by atoms with Gasteiger partial charge in [-0.1, -0.05) is 0 Å². The van der Waals surface area contributed by atoms with Crippen molar-refractivity contribution in [2.24, 2.45) is 0 Å². The molecule has 0 saturated carbocycles. The van der Waals surface area contributed by atoms with Gasteiger partial charge < -0.3 is 37.2 Å². The summed E-state index contributed by atoms with van der Waals surface area (Å²) in [7, 11) is -1.21. The van der Waals surface area contributed by atoms with Gasteiger partial charge in [0.1, 0.15) is 0 Å². The van der Waals surface area contributed by atoms with Crippen LogP contribution in [0.15, 0.2) is 51.1 Å². The standard InChI is InChI=1S/C17H23Si.3ClH.Ti/c1-17(2,14-9-7-6-8-10-14)15-11-12-16(13-15)18(3,4)5;;;;/h6-10,12H,11H2,1-5H3;3*1H;/q;;;;+3/p-3. The molecule has 0 saturated heterocycles. The van der Waals surface area contributed by atoms with Crippen LogP contribution >= 0.6 is 0 Å². The smallest absolute Gasteiger partial charge is 1.00 e.